The number of nitrogens with two attached hydrogens (primary N) is 1. The average molecular weight is 420 g/mol. The number of nitrogens with zero attached hydrogens (tertiary/aromatic N) is 3. The molecule has 0 aromatic heterocycles. The van der Waals surface area contributed by atoms with Gasteiger partial charge in [-0.05, 0) is 43.1 Å². The molecule has 29 heavy (non-hydrogen) atoms. The van der Waals surface area contributed by atoms with Gasteiger partial charge in [0.25, 0.3) is 0 Å². The molecule has 2 N–H and O–H groups in total. The van der Waals surface area contributed by atoms with Crippen molar-refractivity contribution in [2.75, 3.05) is 20.7 Å². The zero-order chi connectivity index (χ0) is 21.0. The first kappa shape index (κ1) is 21.2. The molecule has 2 aromatic rings. The van der Waals surface area contributed by atoms with Crippen LogP contribution in [0.4, 0.5) is 13.6 Å². The van der Waals surface area contributed by atoms with Gasteiger partial charge in [-0.1, -0.05) is 42.1 Å². The predicted octanol–water partition coefficient (Wildman–Crippen LogP) is 3.88. The monoisotopic (exact) mass is 420 g/mol. The van der Waals surface area contributed by atoms with E-state index in [9.17, 15) is 13.6 Å². The number of hydrogen-bond donors (Lipinski definition) is 1. The third-order valence-corrected chi connectivity index (χ3v) is 6.07. The van der Waals surface area contributed by atoms with E-state index in [1.807, 2.05) is 30.3 Å². The van der Waals surface area contributed by atoms with Crippen molar-refractivity contribution < 1.29 is 18.4 Å². The Labute approximate surface area is 172 Å². The highest BCUT2D eigenvalue weighted by atomic mass is 32.2. The number of hydrogen-bond acceptors (Lipinski definition) is 5. The molecule has 0 fully saturated rings. The Balaban J connectivity index is 2.15. The van der Waals surface area contributed by atoms with E-state index in [2.05, 4.69) is 5.10 Å². The highest BCUT2D eigenvalue weighted by Gasteiger charge is 2.49. The van der Waals surface area contributed by atoms with Gasteiger partial charge in [-0.3, -0.25) is 4.84 Å². The molecule has 1 atom stereocenters. The number of hydroxylamine groups is 2. The van der Waals surface area contributed by atoms with Crippen molar-refractivity contribution in [2.24, 2.45) is 10.8 Å². The molecule has 154 valence electrons. The maximum absolute atomic E-state index is 14.5. The fourth-order valence-electron chi connectivity index (χ4n) is 3.10. The second kappa shape index (κ2) is 8.89. The molecule has 0 saturated carbocycles. The smallest absolute Gasteiger partial charge is 0.330 e. The van der Waals surface area contributed by atoms with E-state index < -0.39 is 22.5 Å². The van der Waals surface area contributed by atoms with Gasteiger partial charge in [0.2, 0.25) is 0 Å². The van der Waals surface area contributed by atoms with Crippen LogP contribution in [0.2, 0.25) is 0 Å². The van der Waals surface area contributed by atoms with E-state index in [1.165, 1.54) is 30.9 Å². The molecule has 0 saturated heterocycles. The average Bonchev–Trinajstić information content (AvgIpc) is 3.14. The number of benzene rings is 2. The fraction of sp³-hybridized carbons (Fsp3) is 0.300. The molecule has 0 spiro atoms. The van der Waals surface area contributed by atoms with Gasteiger partial charge in [0.15, 0.2) is 0 Å². The van der Waals surface area contributed by atoms with E-state index in [-0.39, 0.29) is 10.6 Å². The van der Waals surface area contributed by atoms with Crippen LogP contribution in [0.3, 0.4) is 0 Å². The Bertz CT molecular complexity index is 913. The highest BCUT2D eigenvalue weighted by Crippen LogP contribution is 2.50. The first-order valence-corrected chi connectivity index (χ1v) is 9.85. The summed E-state index contributed by atoms with van der Waals surface area (Å²) in [6.07, 6.45) is 1.06. The standard InChI is InChI=1S/C20H22F2N4O2S/c1-25(28-2)19(27)26-20(11-6-12-23,14-7-4-3-5-8-14)29-18(24-26)16-13-15(21)9-10-17(16)22/h3-5,7-10,13H,6,11-12,23H2,1-2H3/t20-/m1/s1. The molecule has 0 radical (unpaired) electrons. The predicted molar refractivity (Wildman–Crippen MR) is 109 cm³/mol. The Hall–Kier alpha value is -2.49. The number of halogens is 2. The number of urea groups is 1. The van der Waals surface area contributed by atoms with Crippen molar-refractivity contribution >= 4 is 22.8 Å². The molecule has 2 amide bonds. The SMILES string of the molecule is CON(C)C(=O)N1N=C(c2cc(F)ccc2F)S[C@]1(CCCN)c1ccccc1. The summed E-state index contributed by atoms with van der Waals surface area (Å²) in [7, 11) is 2.82. The van der Waals surface area contributed by atoms with Crippen LogP contribution in [0.15, 0.2) is 53.6 Å². The van der Waals surface area contributed by atoms with E-state index >= 15 is 0 Å². The Morgan fingerprint density at radius 3 is 2.66 bits per heavy atom. The molecule has 3 rings (SSSR count). The van der Waals surface area contributed by atoms with Crippen molar-refractivity contribution in [3.05, 3.63) is 71.3 Å². The largest absolute Gasteiger partial charge is 0.365 e. The lowest BCUT2D eigenvalue weighted by molar-refractivity contribution is -0.0805. The number of carbonyl (C=O) groups excluding carboxylic acids is 1. The number of hydrazone groups is 1. The van der Waals surface area contributed by atoms with E-state index in [0.717, 1.165) is 28.8 Å². The minimum absolute atomic E-state index is 0.00146. The molecule has 0 unspecified atom stereocenters. The summed E-state index contributed by atoms with van der Waals surface area (Å²) < 4.78 is 28.3. The van der Waals surface area contributed by atoms with Crippen molar-refractivity contribution in [1.82, 2.24) is 10.1 Å². The van der Waals surface area contributed by atoms with Crippen LogP contribution in [0.1, 0.15) is 24.0 Å². The maximum Gasteiger partial charge on any atom is 0.365 e. The first-order valence-electron chi connectivity index (χ1n) is 9.03. The third kappa shape index (κ3) is 4.12. The summed E-state index contributed by atoms with van der Waals surface area (Å²) in [6, 6.07) is 11.9. The quantitative estimate of drug-likeness (QED) is 0.720. The van der Waals surface area contributed by atoms with Gasteiger partial charge in [-0.2, -0.15) is 10.1 Å². The molecular weight excluding hydrogens is 398 g/mol. The van der Waals surface area contributed by atoms with Crippen LogP contribution >= 0.6 is 11.8 Å². The maximum atomic E-state index is 14.5. The van der Waals surface area contributed by atoms with Crippen LogP contribution in [0.25, 0.3) is 0 Å². The van der Waals surface area contributed by atoms with Gasteiger partial charge >= 0.3 is 6.03 Å². The summed E-state index contributed by atoms with van der Waals surface area (Å²) >= 11 is 1.20. The zero-order valence-corrected chi connectivity index (χ0v) is 17.0. The van der Waals surface area contributed by atoms with E-state index in [4.69, 9.17) is 10.6 Å². The summed E-state index contributed by atoms with van der Waals surface area (Å²) in [5, 5.41) is 6.92. The molecule has 1 heterocycles. The highest BCUT2D eigenvalue weighted by molar-refractivity contribution is 8.15. The molecule has 0 bridgehead atoms. The number of rotatable bonds is 6. The summed E-state index contributed by atoms with van der Waals surface area (Å²) in [4.78, 5) is 17.1. The van der Waals surface area contributed by atoms with Gasteiger partial charge in [0, 0.05) is 12.6 Å². The second-order valence-corrected chi connectivity index (χ2v) is 7.71. The lowest BCUT2D eigenvalue weighted by Crippen LogP contribution is -2.47. The minimum Gasteiger partial charge on any atom is -0.330 e. The second-order valence-electron chi connectivity index (χ2n) is 6.45. The van der Waals surface area contributed by atoms with Gasteiger partial charge in [-0.25, -0.2) is 18.6 Å². The van der Waals surface area contributed by atoms with Crippen molar-refractivity contribution in [3.63, 3.8) is 0 Å². The molecular formula is C20H22F2N4O2S. The van der Waals surface area contributed by atoms with Crippen LogP contribution in [0.5, 0.6) is 0 Å². The molecule has 1 aliphatic rings. The molecule has 2 aromatic carbocycles. The zero-order valence-electron chi connectivity index (χ0n) is 16.1. The number of amides is 2. The van der Waals surface area contributed by atoms with Crippen LogP contribution in [0, 0.1) is 11.6 Å². The minimum atomic E-state index is -0.974. The topological polar surface area (TPSA) is 71.2 Å². The lowest BCUT2D eigenvalue weighted by atomic mass is 10.0. The van der Waals surface area contributed by atoms with Gasteiger partial charge in [0.1, 0.15) is 21.5 Å². The summed E-state index contributed by atoms with van der Waals surface area (Å²) in [5.74, 6) is -1.21. The van der Waals surface area contributed by atoms with E-state index in [0.29, 0.717) is 19.4 Å². The van der Waals surface area contributed by atoms with Gasteiger partial charge < -0.3 is 5.73 Å². The number of thioether (sulfide) groups is 1. The molecule has 9 heteroatoms. The van der Waals surface area contributed by atoms with Crippen LogP contribution < -0.4 is 5.73 Å². The Kier molecular flexibility index (Phi) is 6.51. The third-order valence-electron chi connectivity index (χ3n) is 4.63. The fourth-order valence-corrected chi connectivity index (χ4v) is 4.51. The Morgan fingerprint density at radius 2 is 2.00 bits per heavy atom. The van der Waals surface area contributed by atoms with Crippen molar-refractivity contribution in [3.8, 4) is 0 Å². The van der Waals surface area contributed by atoms with Crippen molar-refractivity contribution in [1.29, 1.82) is 0 Å². The van der Waals surface area contributed by atoms with Crippen molar-refractivity contribution in [2.45, 2.75) is 17.7 Å². The molecule has 6 nitrogen and oxygen atoms in total. The molecule has 0 aliphatic carbocycles. The Morgan fingerprint density at radius 1 is 1.28 bits per heavy atom. The van der Waals surface area contributed by atoms with Crippen LogP contribution in [-0.4, -0.2) is 41.8 Å². The lowest BCUT2D eigenvalue weighted by Gasteiger charge is -2.37. The summed E-state index contributed by atoms with van der Waals surface area (Å²) in [6.45, 7) is 0.404. The van der Waals surface area contributed by atoms with E-state index in [1.54, 1.807) is 0 Å². The first-order chi connectivity index (χ1) is 13.9. The number of carbonyl (C=O) groups is 1. The summed E-state index contributed by atoms with van der Waals surface area (Å²) in [5.41, 5.74) is 6.54. The molecule has 1 aliphatic heterocycles. The normalized spacial score (nSPS) is 18.7. The van der Waals surface area contributed by atoms with Crippen LogP contribution in [-0.2, 0) is 9.71 Å². The van der Waals surface area contributed by atoms with Gasteiger partial charge in [0.05, 0.1) is 7.11 Å². The van der Waals surface area contributed by atoms with Gasteiger partial charge in [-0.15, -0.1) is 0 Å².